The van der Waals surface area contributed by atoms with E-state index < -0.39 is 0 Å². The molecule has 2 heterocycles. The van der Waals surface area contributed by atoms with Crippen molar-refractivity contribution >= 4 is 5.91 Å². The van der Waals surface area contributed by atoms with E-state index in [9.17, 15) is 4.79 Å². The van der Waals surface area contributed by atoms with Gasteiger partial charge in [-0.25, -0.2) is 4.98 Å². The van der Waals surface area contributed by atoms with Gasteiger partial charge in [0.25, 0.3) is 5.91 Å². The van der Waals surface area contributed by atoms with Gasteiger partial charge >= 0.3 is 0 Å². The van der Waals surface area contributed by atoms with Crippen molar-refractivity contribution in [3.63, 3.8) is 0 Å². The third-order valence-corrected chi connectivity index (χ3v) is 2.21. The van der Waals surface area contributed by atoms with Crippen LogP contribution in [0.4, 0.5) is 0 Å². The molecule has 2 aromatic heterocycles. The summed E-state index contributed by atoms with van der Waals surface area (Å²) in [6.07, 6.45) is 3.10. The molecule has 0 aliphatic carbocycles. The van der Waals surface area contributed by atoms with Crippen LogP contribution < -0.4 is 5.32 Å². The number of nitrogens with zero attached hydrogens (tertiary/aromatic N) is 5. The molecule has 0 aliphatic heterocycles. The predicted molar refractivity (Wildman–Crippen MR) is 61.9 cm³/mol. The summed E-state index contributed by atoms with van der Waals surface area (Å²) in [5.74, 6) is 0.384. The van der Waals surface area contributed by atoms with Crippen LogP contribution in [0.25, 0.3) is 5.82 Å². The third kappa shape index (κ3) is 2.17. The summed E-state index contributed by atoms with van der Waals surface area (Å²) in [7, 11) is 0. The highest BCUT2D eigenvalue weighted by atomic mass is 16.1. The van der Waals surface area contributed by atoms with Crippen LogP contribution in [-0.2, 0) is 0 Å². The van der Waals surface area contributed by atoms with Gasteiger partial charge in [-0.05, 0) is 19.1 Å². The first-order valence-electron chi connectivity index (χ1n) is 5.32. The second kappa shape index (κ2) is 5.05. The van der Waals surface area contributed by atoms with Crippen molar-refractivity contribution < 1.29 is 4.79 Å². The highest BCUT2D eigenvalue weighted by molar-refractivity contribution is 5.92. The van der Waals surface area contributed by atoms with Gasteiger partial charge in [0.1, 0.15) is 6.07 Å². The van der Waals surface area contributed by atoms with Gasteiger partial charge in [0.05, 0.1) is 0 Å². The minimum Gasteiger partial charge on any atom is -0.351 e. The summed E-state index contributed by atoms with van der Waals surface area (Å²) in [6, 6.07) is 5.10. The zero-order valence-corrected chi connectivity index (χ0v) is 9.66. The Morgan fingerprint density at radius 2 is 2.33 bits per heavy atom. The normalized spacial score (nSPS) is 9.78. The van der Waals surface area contributed by atoms with Crippen LogP contribution in [0.3, 0.4) is 0 Å². The first-order chi connectivity index (χ1) is 8.76. The predicted octanol–water partition coefficient (Wildman–Crippen LogP) is 0.284. The summed E-state index contributed by atoms with van der Waals surface area (Å²) in [4.78, 5) is 15.3. The standard InChI is InChI=1S/C11H10N6O/c1-2-13-11(18)8-3-4-9(16-15-8)17-6-5-14-10(17)7-12/h3-6H,2H2,1H3,(H,13,18). The Balaban J connectivity index is 2.28. The second-order valence-corrected chi connectivity index (χ2v) is 3.37. The molecule has 0 spiro atoms. The molecule has 0 unspecified atom stereocenters. The van der Waals surface area contributed by atoms with Gasteiger partial charge in [-0.3, -0.25) is 9.36 Å². The minimum atomic E-state index is -0.275. The molecular formula is C11H10N6O. The number of amides is 1. The van der Waals surface area contributed by atoms with Crippen molar-refractivity contribution in [1.82, 2.24) is 25.1 Å². The third-order valence-electron chi connectivity index (χ3n) is 2.21. The molecular weight excluding hydrogens is 232 g/mol. The Labute approximate surface area is 103 Å². The van der Waals surface area contributed by atoms with E-state index in [1.165, 1.54) is 10.8 Å². The number of carbonyl (C=O) groups is 1. The summed E-state index contributed by atoms with van der Waals surface area (Å²) in [5, 5.41) is 19.2. The number of hydrogen-bond acceptors (Lipinski definition) is 5. The van der Waals surface area contributed by atoms with Gasteiger partial charge in [-0.2, -0.15) is 5.26 Å². The molecule has 0 bridgehead atoms. The van der Waals surface area contributed by atoms with Gasteiger partial charge < -0.3 is 5.32 Å². The molecule has 18 heavy (non-hydrogen) atoms. The number of hydrogen-bond donors (Lipinski definition) is 1. The average Bonchev–Trinajstić information content (AvgIpc) is 2.87. The van der Waals surface area contributed by atoms with Crippen LogP contribution in [0, 0.1) is 11.3 Å². The van der Waals surface area contributed by atoms with Crippen molar-refractivity contribution in [3.05, 3.63) is 36.0 Å². The molecule has 2 rings (SSSR count). The van der Waals surface area contributed by atoms with E-state index in [1.807, 2.05) is 13.0 Å². The first-order valence-corrected chi connectivity index (χ1v) is 5.32. The van der Waals surface area contributed by atoms with E-state index in [0.29, 0.717) is 12.4 Å². The molecule has 7 heteroatoms. The molecule has 0 aliphatic rings. The summed E-state index contributed by atoms with van der Waals surface area (Å²) < 4.78 is 1.49. The summed E-state index contributed by atoms with van der Waals surface area (Å²) >= 11 is 0. The van der Waals surface area contributed by atoms with Gasteiger partial charge in [0, 0.05) is 18.9 Å². The van der Waals surface area contributed by atoms with Crippen LogP contribution in [0.5, 0.6) is 0 Å². The largest absolute Gasteiger partial charge is 0.351 e. The fourth-order valence-electron chi connectivity index (χ4n) is 1.40. The molecule has 0 fully saturated rings. The maximum atomic E-state index is 11.5. The van der Waals surface area contributed by atoms with Crippen LogP contribution in [0.2, 0.25) is 0 Å². The van der Waals surface area contributed by atoms with Crippen LogP contribution >= 0.6 is 0 Å². The molecule has 1 N–H and O–H groups in total. The lowest BCUT2D eigenvalue weighted by Gasteiger charge is -2.03. The van der Waals surface area contributed by atoms with Crippen LogP contribution in [0.15, 0.2) is 24.5 Å². The Hall–Kier alpha value is -2.75. The molecule has 0 atom stereocenters. The Morgan fingerprint density at radius 1 is 1.50 bits per heavy atom. The van der Waals surface area contributed by atoms with E-state index in [4.69, 9.17) is 5.26 Å². The fourth-order valence-corrected chi connectivity index (χ4v) is 1.40. The second-order valence-electron chi connectivity index (χ2n) is 3.37. The van der Waals surface area contributed by atoms with Crippen molar-refractivity contribution in [2.24, 2.45) is 0 Å². The summed E-state index contributed by atoms with van der Waals surface area (Å²) in [5.41, 5.74) is 0.235. The highest BCUT2D eigenvalue weighted by Gasteiger charge is 2.09. The molecule has 90 valence electrons. The highest BCUT2D eigenvalue weighted by Crippen LogP contribution is 2.06. The van der Waals surface area contributed by atoms with Crippen molar-refractivity contribution in [3.8, 4) is 11.9 Å². The maximum Gasteiger partial charge on any atom is 0.271 e. The average molecular weight is 242 g/mol. The van der Waals surface area contributed by atoms with E-state index in [1.54, 1.807) is 18.3 Å². The SMILES string of the molecule is CCNC(=O)c1ccc(-n2ccnc2C#N)nn1. The number of rotatable bonds is 3. The smallest absolute Gasteiger partial charge is 0.271 e. The van der Waals surface area contributed by atoms with Crippen molar-refractivity contribution in [2.75, 3.05) is 6.54 Å². The fraction of sp³-hybridized carbons (Fsp3) is 0.182. The monoisotopic (exact) mass is 242 g/mol. The number of aromatic nitrogens is 4. The molecule has 1 amide bonds. The molecule has 0 saturated carbocycles. The molecule has 7 nitrogen and oxygen atoms in total. The number of carbonyl (C=O) groups excluding carboxylic acids is 1. The molecule has 0 radical (unpaired) electrons. The van der Waals surface area contributed by atoms with Gasteiger partial charge in [0.2, 0.25) is 5.82 Å². The zero-order valence-electron chi connectivity index (χ0n) is 9.66. The van der Waals surface area contributed by atoms with E-state index in [2.05, 4.69) is 20.5 Å². The zero-order chi connectivity index (χ0) is 13.0. The molecule has 0 saturated heterocycles. The lowest BCUT2D eigenvalue weighted by molar-refractivity contribution is 0.0950. The number of nitrogens with one attached hydrogen (secondary N) is 1. The minimum absolute atomic E-state index is 0.218. The maximum absolute atomic E-state index is 11.5. The Morgan fingerprint density at radius 3 is 2.94 bits per heavy atom. The van der Waals surface area contributed by atoms with Crippen LogP contribution in [-0.4, -0.2) is 32.2 Å². The van der Waals surface area contributed by atoms with Gasteiger partial charge in [-0.15, -0.1) is 10.2 Å². The Bertz CT molecular complexity index is 595. The lowest BCUT2D eigenvalue weighted by Crippen LogP contribution is -2.24. The molecule has 0 aromatic carbocycles. The van der Waals surface area contributed by atoms with E-state index >= 15 is 0 Å². The number of nitriles is 1. The van der Waals surface area contributed by atoms with Crippen molar-refractivity contribution in [1.29, 1.82) is 5.26 Å². The lowest BCUT2D eigenvalue weighted by atomic mass is 10.3. The van der Waals surface area contributed by atoms with E-state index in [-0.39, 0.29) is 17.4 Å². The topological polar surface area (TPSA) is 96.5 Å². The quantitative estimate of drug-likeness (QED) is 0.834. The van der Waals surface area contributed by atoms with Gasteiger partial charge in [0.15, 0.2) is 11.5 Å². The Kier molecular flexibility index (Phi) is 3.29. The van der Waals surface area contributed by atoms with E-state index in [0.717, 1.165) is 0 Å². The van der Waals surface area contributed by atoms with Gasteiger partial charge in [-0.1, -0.05) is 0 Å². The van der Waals surface area contributed by atoms with Crippen LogP contribution in [0.1, 0.15) is 23.2 Å². The van der Waals surface area contributed by atoms with Crippen molar-refractivity contribution in [2.45, 2.75) is 6.92 Å². The first kappa shape index (κ1) is 11.7. The number of imidazole rings is 1. The molecule has 2 aromatic rings. The summed E-state index contributed by atoms with van der Waals surface area (Å²) in [6.45, 7) is 2.35.